The lowest BCUT2D eigenvalue weighted by Crippen LogP contribution is -2.39. The number of pyridine rings is 1. The summed E-state index contributed by atoms with van der Waals surface area (Å²) in [6.45, 7) is 3.08. The van der Waals surface area contributed by atoms with Crippen LogP contribution in [0.2, 0.25) is 0 Å². The highest BCUT2D eigenvalue weighted by Gasteiger charge is 2.22. The molecule has 0 N–H and O–H groups in total. The smallest absolute Gasteiger partial charge is 0.252 e. The lowest BCUT2D eigenvalue weighted by Gasteiger charge is -2.31. The van der Waals surface area contributed by atoms with Gasteiger partial charge in [0.05, 0.1) is 18.9 Å². The van der Waals surface area contributed by atoms with Crippen LogP contribution in [-0.4, -0.2) is 39.2 Å². The van der Waals surface area contributed by atoms with E-state index in [0.29, 0.717) is 18.3 Å². The Morgan fingerprint density at radius 2 is 2.28 bits per heavy atom. The molecular weight excluding hydrogens is 320 g/mol. The molecule has 130 valence electrons. The molecule has 7 nitrogen and oxygen atoms in total. The van der Waals surface area contributed by atoms with Crippen LogP contribution in [0.4, 0.5) is 0 Å². The van der Waals surface area contributed by atoms with Crippen LogP contribution in [0.1, 0.15) is 24.5 Å². The summed E-state index contributed by atoms with van der Waals surface area (Å²) in [5.41, 5.74) is 0.833. The highest BCUT2D eigenvalue weighted by Crippen LogP contribution is 2.18. The Morgan fingerprint density at radius 3 is 3.12 bits per heavy atom. The molecule has 1 fully saturated rings. The summed E-state index contributed by atoms with van der Waals surface area (Å²) >= 11 is 0. The number of hydrogen-bond donors (Lipinski definition) is 0. The Bertz CT molecular complexity index is 773. The van der Waals surface area contributed by atoms with Crippen molar-refractivity contribution in [3.05, 3.63) is 54.6 Å². The lowest BCUT2D eigenvalue weighted by molar-refractivity contribution is -0.0222. The molecule has 1 atom stereocenters. The van der Waals surface area contributed by atoms with Crippen molar-refractivity contribution in [1.29, 1.82) is 0 Å². The van der Waals surface area contributed by atoms with Crippen molar-refractivity contribution >= 4 is 0 Å². The van der Waals surface area contributed by atoms with Gasteiger partial charge in [0.1, 0.15) is 12.4 Å². The Hall–Kier alpha value is -2.51. The molecular formula is C18H20N4O3. The van der Waals surface area contributed by atoms with Crippen LogP contribution in [0.3, 0.4) is 0 Å². The van der Waals surface area contributed by atoms with Gasteiger partial charge in [-0.3, -0.25) is 9.88 Å². The van der Waals surface area contributed by atoms with Crippen LogP contribution in [0.15, 0.2) is 51.9 Å². The SMILES string of the molecule is c1cncc(-c2noc(CO[C@H]3CCCN(Cc4ccco4)C3)n2)c1. The van der Waals surface area contributed by atoms with Gasteiger partial charge in [-0.1, -0.05) is 5.16 Å². The first-order valence-corrected chi connectivity index (χ1v) is 8.46. The largest absolute Gasteiger partial charge is 0.468 e. The summed E-state index contributed by atoms with van der Waals surface area (Å²) in [7, 11) is 0. The summed E-state index contributed by atoms with van der Waals surface area (Å²) < 4.78 is 16.7. The van der Waals surface area contributed by atoms with Crippen molar-refractivity contribution < 1.29 is 13.7 Å². The molecule has 25 heavy (non-hydrogen) atoms. The third-order valence-corrected chi connectivity index (χ3v) is 4.25. The Labute approximate surface area is 145 Å². The Kier molecular flexibility index (Phi) is 4.85. The summed E-state index contributed by atoms with van der Waals surface area (Å²) in [6, 6.07) is 7.67. The minimum absolute atomic E-state index is 0.164. The van der Waals surface area contributed by atoms with Gasteiger partial charge in [0.15, 0.2) is 0 Å². The number of aromatic nitrogens is 3. The van der Waals surface area contributed by atoms with Gasteiger partial charge in [-0.25, -0.2) is 0 Å². The maximum absolute atomic E-state index is 5.98. The number of furan rings is 1. The zero-order valence-corrected chi connectivity index (χ0v) is 13.9. The van der Waals surface area contributed by atoms with Crippen molar-refractivity contribution in [2.75, 3.05) is 13.1 Å². The van der Waals surface area contributed by atoms with Crippen LogP contribution in [-0.2, 0) is 17.9 Å². The topological polar surface area (TPSA) is 77.4 Å². The third kappa shape index (κ3) is 4.12. The highest BCUT2D eigenvalue weighted by atomic mass is 16.5. The molecule has 0 amide bonds. The average molecular weight is 340 g/mol. The van der Waals surface area contributed by atoms with Gasteiger partial charge in [-0.2, -0.15) is 4.98 Å². The second kappa shape index (κ2) is 7.58. The number of rotatable bonds is 6. The fraction of sp³-hybridized carbons (Fsp3) is 0.389. The van der Waals surface area contributed by atoms with E-state index >= 15 is 0 Å². The van der Waals surface area contributed by atoms with Gasteiger partial charge in [0.25, 0.3) is 5.89 Å². The average Bonchev–Trinajstić information content (AvgIpc) is 3.33. The molecule has 7 heteroatoms. The van der Waals surface area contributed by atoms with E-state index in [-0.39, 0.29) is 6.10 Å². The fourth-order valence-electron chi connectivity index (χ4n) is 3.03. The van der Waals surface area contributed by atoms with E-state index in [4.69, 9.17) is 13.7 Å². The predicted octanol–water partition coefficient (Wildman–Crippen LogP) is 2.91. The van der Waals surface area contributed by atoms with Gasteiger partial charge in [0, 0.05) is 24.5 Å². The van der Waals surface area contributed by atoms with E-state index in [0.717, 1.165) is 43.8 Å². The summed E-state index contributed by atoms with van der Waals surface area (Å²) in [5, 5.41) is 3.99. The van der Waals surface area contributed by atoms with Crippen LogP contribution >= 0.6 is 0 Å². The quantitative estimate of drug-likeness (QED) is 0.683. The zero-order valence-electron chi connectivity index (χ0n) is 13.9. The van der Waals surface area contributed by atoms with Gasteiger partial charge >= 0.3 is 0 Å². The number of nitrogens with zero attached hydrogens (tertiary/aromatic N) is 4. The molecule has 0 bridgehead atoms. The lowest BCUT2D eigenvalue weighted by atomic mass is 10.1. The van der Waals surface area contributed by atoms with E-state index < -0.39 is 0 Å². The molecule has 1 saturated heterocycles. The molecule has 0 aliphatic carbocycles. The number of piperidine rings is 1. The van der Waals surface area contributed by atoms with E-state index in [1.807, 2.05) is 24.3 Å². The van der Waals surface area contributed by atoms with Crippen LogP contribution in [0, 0.1) is 0 Å². The van der Waals surface area contributed by atoms with Crippen molar-refractivity contribution in [3.63, 3.8) is 0 Å². The van der Waals surface area contributed by atoms with Crippen LogP contribution in [0.5, 0.6) is 0 Å². The second-order valence-electron chi connectivity index (χ2n) is 6.14. The van der Waals surface area contributed by atoms with Crippen molar-refractivity contribution in [2.24, 2.45) is 0 Å². The fourth-order valence-corrected chi connectivity index (χ4v) is 3.03. The van der Waals surface area contributed by atoms with Crippen molar-refractivity contribution in [1.82, 2.24) is 20.0 Å². The Balaban J connectivity index is 1.30. The molecule has 1 aliphatic heterocycles. The second-order valence-corrected chi connectivity index (χ2v) is 6.14. The molecule has 1 aliphatic rings. The molecule has 0 saturated carbocycles. The number of ether oxygens (including phenoxy) is 1. The van der Waals surface area contributed by atoms with E-state index in [1.54, 1.807) is 18.7 Å². The first kappa shape index (κ1) is 16.0. The minimum atomic E-state index is 0.164. The molecule has 0 aromatic carbocycles. The molecule has 0 unspecified atom stereocenters. The van der Waals surface area contributed by atoms with E-state index in [9.17, 15) is 0 Å². The molecule has 3 aromatic rings. The molecule has 0 radical (unpaired) electrons. The van der Waals surface area contributed by atoms with Crippen LogP contribution in [0.25, 0.3) is 11.4 Å². The first-order valence-electron chi connectivity index (χ1n) is 8.46. The summed E-state index contributed by atoms with van der Waals surface area (Å²) in [4.78, 5) is 10.8. The van der Waals surface area contributed by atoms with Crippen LogP contribution < -0.4 is 0 Å². The maximum atomic E-state index is 5.98. The van der Waals surface area contributed by atoms with Crippen molar-refractivity contribution in [2.45, 2.75) is 32.1 Å². The number of hydrogen-bond acceptors (Lipinski definition) is 7. The zero-order chi connectivity index (χ0) is 16.9. The number of likely N-dealkylation sites (tertiary alicyclic amines) is 1. The standard InChI is InChI=1S/C18H20N4O3/c1-4-14(10-19-7-1)18-20-17(25-21-18)13-24-16-5-2-8-22(12-16)11-15-6-3-9-23-15/h1,3-4,6-7,9-10,16H,2,5,8,11-13H2/t16-/m0/s1. The molecule has 4 heterocycles. The molecule has 0 spiro atoms. The van der Waals surface area contributed by atoms with E-state index in [2.05, 4.69) is 20.0 Å². The maximum Gasteiger partial charge on any atom is 0.252 e. The van der Waals surface area contributed by atoms with Gasteiger partial charge < -0.3 is 13.7 Å². The minimum Gasteiger partial charge on any atom is -0.468 e. The first-order chi connectivity index (χ1) is 12.4. The third-order valence-electron chi connectivity index (χ3n) is 4.25. The monoisotopic (exact) mass is 340 g/mol. The van der Waals surface area contributed by atoms with Gasteiger partial charge in [0.2, 0.25) is 5.82 Å². The highest BCUT2D eigenvalue weighted by molar-refractivity contribution is 5.51. The predicted molar refractivity (Wildman–Crippen MR) is 89.3 cm³/mol. The van der Waals surface area contributed by atoms with Gasteiger partial charge in [-0.15, -0.1) is 0 Å². The molecule has 4 rings (SSSR count). The van der Waals surface area contributed by atoms with Crippen molar-refractivity contribution in [3.8, 4) is 11.4 Å². The Morgan fingerprint density at radius 1 is 1.28 bits per heavy atom. The normalized spacial score (nSPS) is 18.5. The van der Waals surface area contributed by atoms with E-state index in [1.165, 1.54) is 0 Å². The summed E-state index contributed by atoms with van der Waals surface area (Å²) in [6.07, 6.45) is 7.45. The molecule has 3 aromatic heterocycles. The van der Waals surface area contributed by atoms with Gasteiger partial charge in [-0.05, 0) is 43.7 Å². The summed E-state index contributed by atoms with van der Waals surface area (Å²) in [5.74, 6) is 2.01.